The van der Waals surface area contributed by atoms with Crippen molar-refractivity contribution in [1.82, 2.24) is 4.31 Å². The first-order valence-electron chi connectivity index (χ1n) is 7.79. The van der Waals surface area contributed by atoms with E-state index in [-0.39, 0.29) is 10.8 Å². The molecule has 2 aromatic carbocycles. The molecule has 0 heterocycles. The second-order valence-corrected chi connectivity index (χ2v) is 8.75. The van der Waals surface area contributed by atoms with Crippen molar-refractivity contribution in [2.75, 3.05) is 32.8 Å². The number of carbonyl (C=O) groups is 1. The third-order valence-corrected chi connectivity index (χ3v) is 6.13. The van der Waals surface area contributed by atoms with Crippen LogP contribution in [-0.4, -0.2) is 46.1 Å². The highest BCUT2D eigenvalue weighted by Gasteiger charge is 2.20. The number of benzene rings is 2. The molecule has 2 rings (SSSR count). The van der Waals surface area contributed by atoms with E-state index < -0.39 is 10.0 Å². The van der Waals surface area contributed by atoms with Crippen molar-refractivity contribution in [1.29, 1.82) is 0 Å². The summed E-state index contributed by atoms with van der Waals surface area (Å²) in [5.74, 6) is 0.864. The third-order valence-electron chi connectivity index (χ3n) is 3.70. The predicted molar refractivity (Wildman–Crippen MR) is 105 cm³/mol. The largest absolute Gasteiger partial charge is 0.495 e. The number of nitrogens with one attached hydrogen (secondary N) is 1. The van der Waals surface area contributed by atoms with Crippen LogP contribution in [0.5, 0.6) is 5.75 Å². The molecule has 0 aliphatic heterocycles. The van der Waals surface area contributed by atoms with Crippen LogP contribution in [0.15, 0.2) is 47.4 Å². The third kappa shape index (κ3) is 4.57. The SMILES string of the molecule is COc1ccc(S(=O)(=O)N(C)C)cc1NC(=O)c1cccc(CSC)c1. The standard InChI is InChI=1S/C18H22N2O4S2/c1-20(2)26(22,23)15-8-9-17(24-3)16(11-15)19-18(21)14-7-5-6-13(10-14)12-25-4/h5-11H,12H2,1-4H3,(H,19,21). The lowest BCUT2D eigenvalue weighted by atomic mass is 10.1. The van der Waals surface area contributed by atoms with Gasteiger partial charge < -0.3 is 10.1 Å². The molecular formula is C18H22N2O4S2. The fourth-order valence-electron chi connectivity index (χ4n) is 2.32. The first-order chi connectivity index (χ1) is 12.3. The second kappa shape index (κ2) is 8.57. The van der Waals surface area contributed by atoms with Gasteiger partial charge in [-0.15, -0.1) is 0 Å². The average molecular weight is 395 g/mol. The molecule has 0 spiro atoms. The monoisotopic (exact) mass is 394 g/mol. The fraction of sp³-hybridized carbons (Fsp3) is 0.278. The van der Waals surface area contributed by atoms with Crippen LogP contribution in [0.4, 0.5) is 5.69 Å². The Morgan fingerprint density at radius 2 is 1.92 bits per heavy atom. The first kappa shape index (κ1) is 20.3. The minimum absolute atomic E-state index is 0.0785. The molecule has 6 nitrogen and oxygen atoms in total. The van der Waals surface area contributed by atoms with Gasteiger partial charge in [0.05, 0.1) is 17.7 Å². The van der Waals surface area contributed by atoms with Crippen LogP contribution in [0, 0.1) is 0 Å². The fourth-order valence-corrected chi connectivity index (χ4v) is 3.76. The summed E-state index contributed by atoms with van der Waals surface area (Å²) in [6.07, 6.45) is 1.99. The minimum atomic E-state index is -3.62. The maximum absolute atomic E-state index is 12.6. The molecule has 8 heteroatoms. The highest BCUT2D eigenvalue weighted by atomic mass is 32.2. The summed E-state index contributed by atoms with van der Waals surface area (Å²) in [5.41, 5.74) is 1.84. The zero-order chi connectivity index (χ0) is 19.3. The molecule has 0 saturated carbocycles. The molecule has 0 aliphatic carbocycles. The van der Waals surface area contributed by atoms with Gasteiger partial charge in [-0.2, -0.15) is 11.8 Å². The van der Waals surface area contributed by atoms with Crippen LogP contribution in [0.25, 0.3) is 0 Å². The number of ether oxygens (including phenoxy) is 1. The Morgan fingerprint density at radius 1 is 1.19 bits per heavy atom. The van der Waals surface area contributed by atoms with Gasteiger partial charge in [-0.25, -0.2) is 12.7 Å². The van der Waals surface area contributed by atoms with Crippen molar-refractivity contribution < 1.29 is 17.9 Å². The van der Waals surface area contributed by atoms with Gasteiger partial charge in [-0.05, 0) is 42.2 Å². The van der Waals surface area contributed by atoms with Crippen LogP contribution in [-0.2, 0) is 15.8 Å². The van der Waals surface area contributed by atoms with E-state index in [2.05, 4.69) is 5.32 Å². The number of methoxy groups -OCH3 is 1. The smallest absolute Gasteiger partial charge is 0.255 e. The molecule has 0 saturated heterocycles. The van der Waals surface area contributed by atoms with Gasteiger partial charge in [-0.3, -0.25) is 4.79 Å². The van der Waals surface area contributed by atoms with Crippen molar-refractivity contribution in [2.24, 2.45) is 0 Å². The van der Waals surface area contributed by atoms with Crippen molar-refractivity contribution in [3.63, 3.8) is 0 Å². The molecule has 0 atom stereocenters. The van der Waals surface area contributed by atoms with E-state index in [4.69, 9.17) is 4.74 Å². The first-order valence-corrected chi connectivity index (χ1v) is 10.6. The van der Waals surface area contributed by atoms with Crippen molar-refractivity contribution in [3.8, 4) is 5.75 Å². The van der Waals surface area contributed by atoms with Gasteiger partial charge in [0, 0.05) is 25.4 Å². The molecular weight excluding hydrogens is 372 g/mol. The van der Waals surface area contributed by atoms with Gasteiger partial charge in [0.1, 0.15) is 5.75 Å². The summed E-state index contributed by atoms with van der Waals surface area (Å²) < 4.78 is 31.0. The molecule has 0 radical (unpaired) electrons. The number of carbonyl (C=O) groups excluding carboxylic acids is 1. The van der Waals surface area contributed by atoms with Gasteiger partial charge >= 0.3 is 0 Å². The van der Waals surface area contributed by atoms with E-state index in [1.54, 1.807) is 17.8 Å². The Morgan fingerprint density at radius 3 is 2.54 bits per heavy atom. The Hall–Kier alpha value is -2.03. The van der Waals surface area contributed by atoms with E-state index in [0.29, 0.717) is 17.0 Å². The number of hydrogen-bond acceptors (Lipinski definition) is 5. The van der Waals surface area contributed by atoms with Crippen LogP contribution in [0.1, 0.15) is 15.9 Å². The number of sulfonamides is 1. The molecule has 0 bridgehead atoms. The molecule has 1 amide bonds. The van der Waals surface area contributed by atoms with Crippen LogP contribution < -0.4 is 10.1 Å². The van der Waals surface area contributed by atoms with Crippen LogP contribution in [0.2, 0.25) is 0 Å². The molecule has 0 unspecified atom stereocenters. The quantitative estimate of drug-likeness (QED) is 0.781. The average Bonchev–Trinajstić information content (AvgIpc) is 2.62. The molecule has 0 aliphatic rings. The zero-order valence-corrected chi connectivity index (χ0v) is 16.8. The van der Waals surface area contributed by atoms with E-state index in [1.807, 2.05) is 24.5 Å². The van der Waals surface area contributed by atoms with Crippen molar-refractivity contribution in [3.05, 3.63) is 53.6 Å². The predicted octanol–water partition coefficient (Wildman–Crippen LogP) is 3.06. The van der Waals surface area contributed by atoms with Crippen molar-refractivity contribution >= 4 is 33.4 Å². The number of rotatable bonds is 7. The molecule has 140 valence electrons. The Kier molecular flexibility index (Phi) is 6.69. The maximum atomic E-state index is 12.6. The van der Waals surface area contributed by atoms with E-state index in [1.165, 1.54) is 39.4 Å². The summed E-state index contributed by atoms with van der Waals surface area (Å²) in [6, 6.07) is 11.7. The highest BCUT2D eigenvalue weighted by molar-refractivity contribution is 7.97. The number of nitrogens with zero attached hydrogens (tertiary/aromatic N) is 1. The van der Waals surface area contributed by atoms with E-state index in [9.17, 15) is 13.2 Å². The Bertz CT molecular complexity index is 896. The van der Waals surface area contributed by atoms with Gasteiger partial charge in [0.2, 0.25) is 10.0 Å². The lowest BCUT2D eigenvalue weighted by Gasteiger charge is -2.15. The van der Waals surface area contributed by atoms with E-state index >= 15 is 0 Å². The molecule has 1 N–H and O–H groups in total. The zero-order valence-electron chi connectivity index (χ0n) is 15.1. The van der Waals surface area contributed by atoms with Gasteiger partial charge in [-0.1, -0.05) is 12.1 Å². The summed E-state index contributed by atoms with van der Waals surface area (Å²) >= 11 is 1.67. The topological polar surface area (TPSA) is 75.7 Å². The normalized spacial score (nSPS) is 11.4. The maximum Gasteiger partial charge on any atom is 0.255 e. The number of anilines is 1. The van der Waals surface area contributed by atoms with Crippen LogP contribution >= 0.6 is 11.8 Å². The Labute approximate surface area is 158 Å². The van der Waals surface area contributed by atoms with Crippen molar-refractivity contribution in [2.45, 2.75) is 10.6 Å². The molecule has 2 aromatic rings. The number of amides is 1. The van der Waals surface area contributed by atoms with Gasteiger partial charge in [0.25, 0.3) is 5.91 Å². The summed E-state index contributed by atoms with van der Waals surface area (Å²) in [5, 5.41) is 2.74. The minimum Gasteiger partial charge on any atom is -0.495 e. The Balaban J connectivity index is 2.36. The number of thioether (sulfide) groups is 1. The molecule has 26 heavy (non-hydrogen) atoms. The lowest BCUT2D eigenvalue weighted by Crippen LogP contribution is -2.22. The molecule has 0 aromatic heterocycles. The van der Waals surface area contributed by atoms with Gasteiger partial charge in [0.15, 0.2) is 0 Å². The number of hydrogen-bond donors (Lipinski definition) is 1. The lowest BCUT2D eigenvalue weighted by molar-refractivity contribution is 0.102. The molecule has 0 fully saturated rings. The van der Waals surface area contributed by atoms with Crippen LogP contribution in [0.3, 0.4) is 0 Å². The summed E-state index contributed by atoms with van der Waals surface area (Å²) in [6.45, 7) is 0. The summed E-state index contributed by atoms with van der Waals surface area (Å²) in [4.78, 5) is 12.7. The summed E-state index contributed by atoms with van der Waals surface area (Å²) in [7, 11) is 0.754. The highest BCUT2D eigenvalue weighted by Crippen LogP contribution is 2.29. The second-order valence-electron chi connectivity index (χ2n) is 5.74. The van der Waals surface area contributed by atoms with E-state index in [0.717, 1.165) is 15.6 Å².